The van der Waals surface area contributed by atoms with E-state index in [4.69, 9.17) is 5.26 Å². The average molecular weight is 218 g/mol. The molecule has 0 aliphatic carbocycles. The van der Waals surface area contributed by atoms with Crippen molar-refractivity contribution in [2.24, 2.45) is 0 Å². The van der Waals surface area contributed by atoms with Gasteiger partial charge in [-0.05, 0) is 19.4 Å². The lowest BCUT2D eigenvalue weighted by Crippen LogP contribution is -2.47. The smallest absolute Gasteiger partial charge is 0.0652 e. The van der Waals surface area contributed by atoms with Crippen LogP contribution in [0.4, 0.5) is 0 Å². The van der Waals surface area contributed by atoms with Gasteiger partial charge in [0.25, 0.3) is 0 Å². The number of aliphatic hydroxyl groups excluding tert-OH is 1. The van der Waals surface area contributed by atoms with Crippen molar-refractivity contribution in [2.75, 3.05) is 6.61 Å². The third-order valence-corrected chi connectivity index (χ3v) is 2.69. The van der Waals surface area contributed by atoms with Gasteiger partial charge in [-0.25, -0.2) is 0 Å². The molecule has 0 fully saturated rings. The van der Waals surface area contributed by atoms with E-state index >= 15 is 0 Å². The number of rotatable bonds is 5. The Kier molecular flexibility index (Phi) is 4.48. The first kappa shape index (κ1) is 12.7. The summed E-state index contributed by atoms with van der Waals surface area (Å²) in [6.07, 6.45) is 0.433. The number of hydrogen-bond acceptors (Lipinski definition) is 3. The third-order valence-electron chi connectivity index (χ3n) is 2.69. The first-order valence-corrected chi connectivity index (χ1v) is 5.43. The molecule has 0 aromatic heterocycles. The van der Waals surface area contributed by atoms with Gasteiger partial charge in [-0.2, -0.15) is 5.26 Å². The molecule has 0 bridgehead atoms. The highest BCUT2D eigenvalue weighted by molar-refractivity contribution is 5.23. The molecule has 0 aliphatic heterocycles. The highest BCUT2D eigenvalue weighted by atomic mass is 16.3. The van der Waals surface area contributed by atoms with Crippen LogP contribution in [-0.2, 0) is 5.54 Å². The normalized spacial score (nSPS) is 16.1. The maximum atomic E-state index is 9.51. The van der Waals surface area contributed by atoms with Crippen molar-refractivity contribution in [1.82, 2.24) is 5.32 Å². The predicted octanol–water partition coefficient (Wildman–Crippen LogP) is 1.79. The second-order valence-electron chi connectivity index (χ2n) is 4.26. The number of nitriles is 1. The molecule has 0 saturated carbocycles. The number of hydrogen-bond donors (Lipinski definition) is 2. The number of nitrogens with zero attached hydrogens (tertiary/aromatic N) is 1. The van der Waals surface area contributed by atoms with E-state index in [1.807, 2.05) is 44.2 Å². The van der Waals surface area contributed by atoms with Crippen LogP contribution in [0.2, 0.25) is 0 Å². The van der Waals surface area contributed by atoms with Gasteiger partial charge in [0.2, 0.25) is 0 Å². The molecule has 0 heterocycles. The Hall–Kier alpha value is -1.37. The summed E-state index contributed by atoms with van der Waals surface area (Å²) < 4.78 is 0. The summed E-state index contributed by atoms with van der Waals surface area (Å²) in [5.41, 5.74) is 0.541. The summed E-state index contributed by atoms with van der Waals surface area (Å²) in [4.78, 5) is 0. The van der Waals surface area contributed by atoms with Crippen molar-refractivity contribution in [2.45, 2.75) is 31.8 Å². The molecule has 2 N–H and O–H groups in total. The molecule has 86 valence electrons. The Bertz CT molecular complexity index is 358. The highest BCUT2D eigenvalue weighted by Crippen LogP contribution is 2.20. The van der Waals surface area contributed by atoms with Crippen molar-refractivity contribution in [1.29, 1.82) is 5.26 Å². The van der Waals surface area contributed by atoms with Gasteiger partial charge in [-0.1, -0.05) is 30.3 Å². The van der Waals surface area contributed by atoms with Gasteiger partial charge in [0, 0.05) is 6.04 Å². The van der Waals surface area contributed by atoms with Gasteiger partial charge < -0.3 is 10.4 Å². The molecule has 1 rings (SSSR count). The van der Waals surface area contributed by atoms with Crippen LogP contribution >= 0.6 is 0 Å². The van der Waals surface area contributed by atoms with Crippen LogP contribution in [0.5, 0.6) is 0 Å². The number of aliphatic hydroxyl groups is 1. The lowest BCUT2D eigenvalue weighted by Gasteiger charge is -2.32. The molecule has 2 unspecified atom stereocenters. The largest absolute Gasteiger partial charge is 0.394 e. The SMILES string of the molecule is CC(CC#N)NC(C)(CO)c1ccccc1. The zero-order valence-electron chi connectivity index (χ0n) is 9.77. The molecule has 1 aromatic carbocycles. The molecule has 3 nitrogen and oxygen atoms in total. The maximum absolute atomic E-state index is 9.51. The minimum Gasteiger partial charge on any atom is -0.394 e. The minimum absolute atomic E-state index is 0.00673. The van der Waals surface area contributed by atoms with E-state index in [1.54, 1.807) is 0 Å². The molecule has 3 heteroatoms. The van der Waals surface area contributed by atoms with E-state index in [9.17, 15) is 5.11 Å². The van der Waals surface area contributed by atoms with Crippen molar-refractivity contribution in [3.63, 3.8) is 0 Å². The molecule has 0 radical (unpaired) electrons. The van der Waals surface area contributed by atoms with Gasteiger partial charge >= 0.3 is 0 Å². The van der Waals surface area contributed by atoms with Crippen LogP contribution in [0.3, 0.4) is 0 Å². The molecule has 0 spiro atoms. The Morgan fingerprint density at radius 1 is 1.44 bits per heavy atom. The van der Waals surface area contributed by atoms with Gasteiger partial charge in [0.05, 0.1) is 24.6 Å². The van der Waals surface area contributed by atoms with Gasteiger partial charge in [-0.15, -0.1) is 0 Å². The molecule has 0 amide bonds. The van der Waals surface area contributed by atoms with Crippen LogP contribution in [0.1, 0.15) is 25.8 Å². The van der Waals surface area contributed by atoms with E-state index in [0.717, 1.165) is 5.56 Å². The quantitative estimate of drug-likeness (QED) is 0.792. The Balaban J connectivity index is 2.83. The van der Waals surface area contributed by atoms with Crippen LogP contribution in [0.15, 0.2) is 30.3 Å². The van der Waals surface area contributed by atoms with E-state index in [1.165, 1.54) is 0 Å². The maximum Gasteiger partial charge on any atom is 0.0652 e. The zero-order valence-corrected chi connectivity index (χ0v) is 9.77. The summed E-state index contributed by atoms with van der Waals surface area (Å²) in [5.74, 6) is 0. The minimum atomic E-state index is -0.489. The Morgan fingerprint density at radius 3 is 2.56 bits per heavy atom. The zero-order chi connectivity index (χ0) is 12.0. The Morgan fingerprint density at radius 2 is 2.06 bits per heavy atom. The lowest BCUT2D eigenvalue weighted by molar-refractivity contribution is 0.164. The van der Waals surface area contributed by atoms with Crippen LogP contribution < -0.4 is 5.32 Å². The van der Waals surface area contributed by atoms with Crippen LogP contribution in [-0.4, -0.2) is 17.8 Å². The second kappa shape index (κ2) is 5.64. The van der Waals surface area contributed by atoms with E-state index < -0.39 is 5.54 Å². The second-order valence-corrected chi connectivity index (χ2v) is 4.26. The number of benzene rings is 1. The first-order valence-electron chi connectivity index (χ1n) is 5.43. The average Bonchev–Trinajstić information content (AvgIpc) is 2.30. The first-order chi connectivity index (χ1) is 7.62. The summed E-state index contributed by atoms with van der Waals surface area (Å²) >= 11 is 0. The monoisotopic (exact) mass is 218 g/mol. The summed E-state index contributed by atoms with van der Waals surface area (Å²) in [5, 5.41) is 21.4. The molecule has 16 heavy (non-hydrogen) atoms. The fraction of sp³-hybridized carbons (Fsp3) is 0.462. The Labute approximate surface area is 96.7 Å². The van der Waals surface area contributed by atoms with Crippen LogP contribution in [0, 0.1) is 11.3 Å². The van der Waals surface area contributed by atoms with Crippen molar-refractivity contribution in [3.05, 3.63) is 35.9 Å². The molecular formula is C13H18N2O. The van der Waals surface area contributed by atoms with E-state index in [0.29, 0.717) is 6.42 Å². The van der Waals surface area contributed by atoms with Gasteiger partial charge in [-0.3, -0.25) is 0 Å². The van der Waals surface area contributed by atoms with Crippen molar-refractivity contribution in [3.8, 4) is 6.07 Å². The summed E-state index contributed by atoms with van der Waals surface area (Å²) in [7, 11) is 0. The lowest BCUT2D eigenvalue weighted by atomic mass is 9.92. The van der Waals surface area contributed by atoms with Gasteiger partial charge in [0.15, 0.2) is 0 Å². The third kappa shape index (κ3) is 3.06. The topological polar surface area (TPSA) is 56.0 Å². The molecule has 0 aliphatic rings. The fourth-order valence-electron chi connectivity index (χ4n) is 1.76. The molecule has 0 saturated heterocycles. The molecule has 1 aromatic rings. The highest BCUT2D eigenvalue weighted by Gasteiger charge is 2.26. The fourth-order valence-corrected chi connectivity index (χ4v) is 1.76. The number of nitrogens with one attached hydrogen (secondary N) is 1. The van der Waals surface area contributed by atoms with Crippen molar-refractivity contribution < 1.29 is 5.11 Å². The molecular weight excluding hydrogens is 200 g/mol. The standard InChI is InChI=1S/C13H18N2O/c1-11(8-9-14)15-13(2,10-16)12-6-4-3-5-7-12/h3-7,11,15-16H,8,10H2,1-2H3. The predicted molar refractivity (Wildman–Crippen MR) is 63.7 cm³/mol. The van der Waals surface area contributed by atoms with Crippen LogP contribution in [0.25, 0.3) is 0 Å². The van der Waals surface area contributed by atoms with Crippen molar-refractivity contribution >= 4 is 0 Å². The summed E-state index contributed by atoms with van der Waals surface area (Å²) in [6, 6.07) is 12.0. The molecule has 2 atom stereocenters. The van der Waals surface area contributed by atoms with E-state index in [-0.39, 0.29) is 12.6 Å². The summed E-state index contributed by atoms with van der Waals surface area (Å²) in [6.45, 7) is 3.89. The van der Waals surface area contributed by atoms with Gasteiger partial charge in [0.1, 0.15) is 0 Å². The van der Waals surface area contributed by atoms with E-state index in [2.05, 4.69) is 11.4 Å².